The van der Waals surface area contributed by atoms with Crippen molar-refractivity contribution < 1.29 is 27.5 Å². The lowest BCUT2D eigenvalue weighted by Crippen LogP contribution is -2.39. The number of carbonyl (C=O) groups excluding carboxylic acids is 1. The van der Waals surface area contributed by atoms with Crippen LogP contribution in [0.5, 0.6) is 0 Å². The third kappa shape index (κ3) is 5.89. The van der Waals surface area contributed by atoms with Gasteiger partial charge in [0.05, 0.1) is 23.7 Å². The van der Waals surface area contributed by atoms with E-state index >= 15 is 0 Å². The van der Waals surface area contributed by atoms with E-state index in [0.29, 0.717) is 5.56 Å². The monoisotopic (exact) mass is 393 g/mol. The number of benzene rings is 2. The minimum atomic E-state index is -3.82. The Labute approximate surface area is 155 Å². The van der Waals surface area contributed by atoms with Gasteiger partial charge in [0, 0.05) is 0 Å². The van der Waals surface area contributed by atoms with Crippen molar-refractivity contribution >= 4 is 33.8 Å². The molecule has 1 amide bonds. The fourth-order valence-corrected chi connectivity index (χ4v) is 2.94. The Bertz CT molecular complexity index is 974. The number of nitrogens with one attached hydrogen (secondary N) is 1. The molecule has 0 saturated heterocycles. The van der Waals surface area contributed by atoms with Gasteiger partial charge in [0.15, 0.2) is 0 Å². The Hall–Kier alpha value is -3.27. The summed E-state index contributed by atoms with van der Waals surface area (Å²) in [5, 5.41) is 12.5. The predicted molar refractivity (Wildman–Crippen MR) is 97.7 cm³/mol. The van der Waals surface area contributed by atoms with E-state index in [2.05, 4.69) is 10.5 Å². The molecule has 0 bridgehead atoms. The molecule has 0 aliphatic heterocycles. The Morgan fingerprint density at radius 2 is 1.89 bits per heavy atom. The summed E-state index contributed by atoms with van der Waals surface area (Å²) in [6.45, 7) is -0.586. The molecule has 0 aromatic heterocycles. The number of carbonyl (C=O) groups is 2. The van der Waals surface area contributed by atoms with Crippen LogP contribution in [0.3, 0.4) is 0 Å². The van der Waals surface area contributed by atoms with Crippen LogP contribution >= 0.6 is 0 Å². The van der Waals surface area contributed by atoms with Crippen LogP contribution in [0.25, 0.3) is 0 Å². The lowest BCUT2D eigenvalue weighted by molar-refractivity contribution is -0.119. The van der Waals surface area contributed by atoms with Crippen molar-refractivity contribution in [1.82, 2.24) is 5.43 Å². The van der Waals surface area contributed by atoms with Crippen LogP contribution in [0, 0.1) is 5.82 Å². The molecule has 0 unspecified atom stereocenters. The number of sulfonamides is 1. The van der Waals surface area contributed by atoms with Gasteiger partial charge in [0.25, 0.3) is 5.91 Å². The van der Waals surface area contributed by atoms with Crippen LogP contribution < -0.4 is 9.73 Å². The van der Waals surface area contributed by atoms with Crippen LogP contribution in [-0.2, 0) is 14.8 Å². The van der Waals surface area contributed by atoms with Crippen LogP contribution in [0.1, 0.15) is 15.9 Å². The SMILES string of the molecule is CS(=O)(=O)N(CC(=O)N/N=C\c1ccc(C(=O)O)cc1)c1cccc(F)c1. The van der Waals surface area contributed by atoms with E-state index in [1.807, 2.05) is 0 Å². The van der Waals surface area contributed by atoms with Crippen molar-refractivity contribution in [2.75, 3.05) is 17.1 Å². The Balaban J connectivity index is 2.04. The molecular formula is C17H16FN3O5S. The van der Waals surface area contributed by atoms with Gasteiger partial charge >= 0.3 is 5.97 Å². The molecule has 0 aliphatic carbocycles. The first-order valence-electron chi connectivity index (χ1n) is 7.55. The van der Waals surface area contributed by atoms with E-state index in [1.54, 1.807) is 0 Å². The molecule has 0 spiro atoms. The molecule has 0 radical (unpaired) electrons. The Morgan fingerprint density at radius 3 is 2.44 bits per heavy atom. The summed E-state index contributed by atoms with van der Waals surface area (Å²) in [4.78, 5) is 22.8. The number of rotatable bonds is 7. The molecule has 2 rings (SSSR count). The maximum atomic E-state index is 13.3. The first kappa shape index (κ1) is 20.0. The van der Waals surface area contributed by atoms with Gasteiger partial charge in [0.2, 0.25) is 10.0 Å². The van der Waals surface area contributed by atoms with E-state index in [1.165, 1.54) is 42.6 Å². The number of carboxylic acid groups (broad SMARTS) is 1. The zero-order chi connectivity index (χ0) is 20.0. The second-order valence-electron chi connectivity index (χ2n) is 5.47. The summed E-state index contributed by atoms with van der Waals surface area (Å²) < 4.78 is 37.9. The molecule has 2 aromatic rings. The van der Waals surface area contributed by atoms with E-state index in [9.17, 15) is 22.4 Å². The van der Waals surface area contributed by atoms with Crippen molar-refractivity contribution in [3.8, 4) is 0 Å². The van der Waals surface area contributed by atoms with Gasteiger partial charge in [0.1, 0.15) is 12.4 Å². The van der Waals surface area contributed by atoms with Crippen molar-refractivity contribution in [2.45, 2.75) is 0 Å². The van der Waals surface area contributed by atoms with Crippen molar-refractivity contribution in [2.24, 2.45) is 5.10 Å². The molecule has 0 saturated carbocycles. The zero-order valence-corrected chi connectivity index (χ0v) is 15.0. The van der Waals surface area contributed by atoms with Crippen molar-refractivity contribution in [3.05, 3.63) is 65.5 Å². The highest BCUT2D eigenvalue weighted by atomic mass is 32.2. The summed E-state index contributed by atoms with van der Waals surface area (Å²) in [5.74, 6) is -2.43. The molecule has 142 valence electrons. The van der Waals surface area contributed by atoms with E-state index in [0.717, 1.165) is 22.7 Å². The van der Waals surface area contributed by atoms with Gasteiger partial charge in [-0.05, 0) is 35.9 Å². The fourth-order valence-electron chi connectivity index (χ4n) is 2.09. The topological polar surface area (TPSA) is 116 Å². The first-order valence-corrected chi connectivity index (χ1v) is 9.40. The van der Waals surface area contributed by atoms with Gasteiger partial charge in [-0.15, -0.1) is 0 Å². The highest BCUT2D eigenvalue weighted by molar-refractivity contribution is 7.92. The second-order valence-corrected chi connectivity index (χ2v) is 7.38. The van der Waals surface area contributed by atoms with Gasteiger partial charge < -0.3 is 5.11 Å². The summed E-state index contributed by atoms with van der Waals surface area (Å²) in [6.07, 6.45) is 2.18. The summed E-state index contributed by atoms with van der Waals surface area (Å²) >= 11 is 0. The van der Waals surface area contributed by atoms with Gasteiger partial charge in [-0.3, -0.25) is 9.10 Å². The fraction of sp³-hybridized carbons (Fsp3) is 0.118. The van der Waals surface area contributed by atoms with Gasteiger partial charge in [-0.1, -0.05) is 18.2 Å². The maximum absolute atomic E-state index is 13.3. The molecule has 2 N–H and O–H groups in total. The van der Waals surface area contributed by atoms with Crippen LogP contribution in [-0.4, -0.2) is 44.4 Å². The largest absolute Gasteiger partial charge is 0.478 e. The normalized spacial score (nSPS) is 11.3. The summed E-state index contributed by atoms with van der Waals surface area (Å²) in [5.41, 5.74) is 2.82. The number of hydrazone groups is 1. The molecule has 0 atom stereocenters. The number of nitrogens with zero attached hydrogens (tertiary/aromatic N) is 2. The molecule has 0 fully saturated rings. The Kier molecular flexibility index (Phi) is 6.24. The zero-order valence-electron chi connectivity index (χ0n) is 14.2. The molecule has 27 heavy (non-hydrogen) atoms. The number of aromatic carboxylic acids is 1. The van der Waals surface area contributed by atoms with Gasteiger partial charge in [-0.25, -0.2) is 23.0 Å². The van der Waals surface area contributed by atoms with Crippen molar-refractivity contribution in [1.29, 1.82) is 0 Å². The van der Waals surface area contributed by atoms with Crippen LogP contribution in [0.15, 0.2) is 53.6 Å². The number of carboxylic acids is 1. The molecule has 0 heterocycles. The Morgan fingerprint density at radius 1 is 1.22 bits per heavy atom. The smallest absolute Gasteiger partial charge is 0.335 e. The summed E-state index contributed by atoms with van der Waals surface area (Å²) in [7, 11) is -3.82. The lowest BCUT2D eigenvalue weighted by atomic mass is 10.1. The molecule has 2 aromatic carbocycles. The number of hydrogen-bond acceptors (Lipinski definition) is 5. The number of amides is 1. The quantitative estimate of drug-likeness (QED) is 0.545. The average Bonchev–Trinajstić information content (AvgIpc) is 2.59. The lowest BCUT2D eigenvalue weighted by Gasteiger charge is -2.21. The minimum Gasteiger partial charge on any atom is -0.478 e. The van der Waals surface area contributed by atoms with E-state index < -0.39 is 34.3 Å². The van der Waals surface area contributed by atoms with E-state index in [4.69, 9.17) is 5.11 Å². The minimum absolute atomic E-state index is 0.0147. The molecule has 0 aliphatic rings. The van der Waals surface area contributed by atoms with Gasteiger partial charge in [-0.2, -0.15) is 5.10 Å². The van der Waals surface area contributed by atoms with Crippen LogP contribution in [0.4, 0.5) is 10.1 Å². The number of halogens is 1. The summed E-state index contributed by atoms with van der Waals surface area (Å²) in [6, 6.07) is 10.6. The number of hydrogen-bond donors (Lipinski definition) is 2. The first-order chi connectivity index (χ1) is 12.7. The van der Waals surface area contributed by atoms with E-state index in [-0.39, 0.29) is 11.3 Å². The van der Waals surface area contributed by atoms with Crippen molar-refractivity contribution in [3.63, 3.8) is 0 Å². The third-order valence-electron chi connectivity index (χ3n) is 3.34. The highest BCUT2D eigenvalue weighted by Gasteiger charge is 2.21. The molecule has 10 heteroatoms. The molecular weight excluding hydrogens is 377 g/mol. The second kappa shape index (κ2) is 8.41. The third-order valence-corrected chi connectivity index (χ3v) is 4.48. The molecule has 8 nitrogen and oxygen atoms in total. The average molecular weight is 393 g/mol. The predicted octanol–water partition coefficient (Wildman–Crippen LogP) is 1.44. The standard InChI is InChI=1S/C17H16FN3O5S/c1-27(25,26)21(15-4-2-3-14(18)9-15)11-16(22)20-19-10-12-5-7-13(8-6-12)17(23)24/h2-10H,11H2,1H3,(H,20,22)(H,23,24)/b19-10-. The highest BCUT2D eigenvalue weighted by Crippen LogP contribution is 2.18. The number of anilines is 1. The van der Waals surface area contributed by atoms with Crippen LogP contribution in [0.2, 0.25) is 0 Å². The maximum Gasteiger partial charge on any atom is 0.335 e.